The zero-order chi connectivity index (χ0) is 9.84. The highest BCUT2D eigenvalue weighted by molar-refractivity contribution is 5.73. The third-order valence-corrected chi connectivity index (χ3v) is 1.99. The van der Waals surface area contributed by atoms with Gasteiger partial charge in [0.25, 0.3) is 0 Å². The van der Waals surface area contributed by atoms with Crippen LogP contribution < -0.4 is 5.11 Å². The van der Waals surface area contributed by atoms with E-state index in [2.05, 4.69) is 0 Å². The predicted octanol–water partition coefficient (Wildman–Crippen LogP) is 0.0323. The van der Waals surface area contributed by atoms with Crippen LogP contribution in [0.4, 0.5) is 0 Å². The first kappa shape index (κ1) is 9.74. The lowest BCUT2D eigenvalue weighted by Gasteiger charge is -2.13. The van der Waals surface area contributed by atoms with Crippen LogP contribution in [0.25, 0.3) is 0 Å². The summed E-state index contributed by atoms with van der Waals surface area (Å²) in [7, 11) is 0. The maximum absolute atomic E-state index is 10.5. The van der Waals surface area contributed by atoms with Gasteiger partial charge in [-0.05, 0) is 11.1 Å². The second kappa shape index (κ2) is 4.05. The van der Waals surface area contributed by atoms with Gasteiger partial charge in [-0.15, -0.1) is 0 Å². The van der Waals surface area contributed by atoms with Gasteiger partial charge in [-0.1, -0.05) is 31.2 Å². The highest BCUT2D eigenvalue weighted by atomic mass is 16.4. The minimum absolute atomic E-state index is 0.0758. The van der Waals surface area contributed by atoms with Crippen LogP contribution in [0, 0.1) is 0 Å². The zero-order valence-electron chi connectivity index (χ0n) is 7.36. The molecule has 0 saturated carbocycles. The van der Waals surface area contributed by atoms with Gasteiger partial charge >= 0.3 is 0 Å². The van der Waals surface area contributed by atoms with Crippen molar-refractivity contribution in [3.8, 4) is 0 Å². The summed E-state index contributed by atoms with van der Waals surface area (Å²) in [4.78, 5) is 10.5. The molecule has 1 aromatic rings. The SMILES string of the molecule is CC(C(=O)[O-])c1cccc(CO)c1. The summed E-state index contributed by atoms with van der Waals surface area (Å²) in [5, 5.41) is 19.3. The van der Waals surface area contributed by atoms with Gasteiger partial charge in [0, 0.05) is 11.9 Å². The Labute approximate surface area is 76.6 Å². The summed E-state index contributed by atoms with van der Waals surface area (Å²) >= 11 is 0. The molecule has 3 heteroatoms. The fourth-order valence-corrected chi connectivity index (χ4v) is 1.10. The number of benzene rings is 1. The number of carbonyl (C=O) groups is 1. The molecule has 3 nitrogen and oxygen atoms in total. The van der Waals surface area contributed by atoms with Crippen molar-refractivity contribution < 1.29 is 15.0 Å². The third-order valence-electron chi connectivity index (χ3n) is 1.99. The van der Waals surface area contributed by atoms with Gasteiger partial charge in [-0.3, -0.25) is 0 Å². The zero-order valence-corrected chi connectivity index (χ0v) is 7.36. The lowest BCUT2D eigenvalue weighted by molar-refractivity contribution is -0.307. The molecule has 0 saturated heterocycles. The largest absolute Gasteiger partial charge is 0.550 e. The minimum Gasteiger partial charge on any atom is -0.550 e. The topological polar surface area (TPSA) is 60.4 Å². The predicted molar refractivity (Wildman–Crippen MR) is 45.8 cm³/mol. The summed E-state index contributed by atoms with van der Waals surface area (Å²) in [5.74, 6) is -1.73. The molecule has 0 aromatic heterocycles. The van der Waals surface area contributed by atoms with E-state index in [1.165, 1.54) is 0 Å². The number of carbonyl (C=O) groups excluding carboxylic acids is 1. The maximum atomic E-state index is 10.5. The number of carboxylic acids is 1. The van der Waals surface area contributed by atoms with Gasteiger partial charge in [-0.25, -0.2) is 0 Å². The smallest absolute Gasteiger partial charge is 0.0681 e. The second-order valence-electron chi connectivity index (χ2n) is 2.94. The van der Waals surface area contributed by atoms with Crippen molar-refractivity contribution in [2.24, 2.45) is 0 Å². The highest BCUT2D eigenvalue weighted by Crippen LogP contribution is 2.15. The van der Waals surface area contributed by atoms with Gasteiger partial charge in [0.1, 0.15) is 0 Å². The van der Waals surface area contributed by atoms with Crippen molar-refractivity contribution in [2.45, 2.75) is 19.4 Å². The molecule has 0 aliphatic carbocycles. The lowest BCUT2D eigenvalue weighted by Crippen LogP contribution is -2.28. The van der Waals surface area contributed by atoms with Crippen LogP contribution in [-0.2, 0) is 11.4 Å². The molecular weight excluding hydrogens is 168 g/mol. The monoisotopic (exact) mass is 179 g/mol. The molecule has 0 bridgehead atoms. The van der Waals surface area contributed by atoms with Crippen molar-refractivity contribution >= 4 is 5.97 Å². The van der Waals surface area contributed by atoms with Crippen molar-refractivity contribution in [1.29, 1.82) is 0 Å². The van der Waals surface area contributed by atoms with Crippen LogP contribution in [0.1, 0.15) is 24.0 Å². The molecule has 1 aromatic carbocycles. The van der Waals surface area contributed by atoms with Crippen molar-refractivity contribution in [2.75, 3.05) is 0 Å². The average molecular weight is 179 g/mol. The first-order chi connectivity index (χ1) is 6.15. The van der Waals surface area contributed by atoms with E-state index < -0.39 is 11.9 Å². The van der Waals surface area contributed by atoms with Crippen molar-refractivity contribution in [1.82, 2.24) is 0 Å². The summed E-state index contributed by atoms with van der Waals surface area (Å²) in [6.07, 6.45) is 0. The number of hydrogen-bond acceptors (Lipinski definition) is 3. The van der Waals surface area contributed by atoms with E-state index in [1.54, 1.807) is 31.2 Å². The molecule has 0 aliphatic rings. The van der Waals surface area contributed by atoms with Gasteiger partial charge in [0.2, 0.25) is 0 Å². The van der Waals surface area contributed by atoms with E-state index in [0.29, 0.717) is 11.1 Å². The van der Waals surface area contributed by atoms with Crippen molar-refractivity contribution in [3.05, 3.63) is 35.4 Å². The van der Waals surface area contributed by atoms with Gasteiger partial charge < -0.3 is 15.0 Å². The van der Waals surface area contributed by atoms with Gasteiger partial charge in [0.05, 0.1) is 6.61 Å². The molecule has 13 heavy (non-hydrogen) atoms. The molecule has 1 atom stereocenters. The molecule has 0 fully saturated rings. The van der Waals surface area contributed by atoms with Crippen LogP contribution >= 0.6 is 0 Å². The third kappa shape index (κ3) is 2.29. The molecule has 0 radical (unpaired) electrons. The number of rotatable bonds is 3. The molecule has 1 N–H and O–H groups in total. The Kier molecular flexibility index (Phi) is 3.03. The molecule has 0 amide bonds. The van der Waals surface area contributed by atoms with E-state index in [4.69, 9.17) is 5.11 Å². The number of carboxylic acid groups (broad SMARTS) is 1. The van der Waals surface area contributed by atoms with E-state index in [-0.39, 0.29) is 6.61 Å². The number of aliphatic hydroxyl groups excluding tert-OH is 1. The number of aliphatic hydroxyl groups is 1. The Hall–Kier alpha value is -1.35. The first-order valence-electron chi connectivity index (χ1n) is 4.05. The number of aliphatic carboxylic acids is 1. The summed E-state index contributed by atoms with van der Waals surface area (Å²) in [6.45, 7) is 1.49. The quantitative estimate of drug-likeness (QED) is 0.712. The Morgan fingerprint density at radius 1 is 1.62 bits per heavy atom. The standard InChI is InChI=1S/C10H12O3/c1-7(10(12)13)9-4-2-3-8(5-9)6-11/h2-5,7,11H,6H2,1H3,(H,12,13)/p-1. The molecule has 0 spiro atoms. The second-order valence-corrected chi connectivity index (χ2v) is 2.94. The molecule has 70 valence electrons. The van der Waals surface area contributed by atoms with Crippen LogP contribution in [-0.4, -0.2) is 11.1 Å². The lowest BCUT2D eigenvalue weighted by atomic mass is 9.99. The summed E-state index contributed by atoms with van der Waals surface area (Å²) in [5.41, 5.74) is 1.37. The van der Waals surface area contributed by atoms with Gasteiger partial charge in [-0.2, -0.15) is 0 Å². The Morgan fingerprint density at radius 2 is 2.31 bits per heavy atom. The normalized spacial score (nSPS) is 12.5. The Balaban J connectivity index is 2.94. The van der Waals surface area contributed by atoms with Gasteiger partial charge in [0.15, 0.2) is 0 Å². The highest BCUT2D eigenvalue weighted by Gasteiger charge is 2.05. The number of hydrogen-bond donors (Lipinski definition) is 1. The fraction of sp³-hybridized carbons (Fsp3) is 0.300. The van der Waals surface area contributed by atoms with E-state index >= 15 is 0 Å². The van der Waals surface area contributed by atoms with Crippen LogP contribution in [0.3, 0.4) is 0 Å². The Morgan fingerprint density at radius 3 is 2.85 bits per heavy atom. The summed E-state index contributed by atoms with van der Waals surface area (Å²) in [6, 6.07) is 6.84. The van der Waals surface area contributed by atoms with E-state index in [0.717, 1.165) is 0 Å². The minimum atomic E-state index is -1.10. The molecule has 0 aliphatic heterocycles. The van der Waals surface area contributed by atoms with Crippen LogP contribution in [0.5, 0.6) is 0 Å². The van der Waals surface area contributed by atoms with Crippen molar-refractivity contribution in [3.63, 3.8) is 0 Å². The molecular formula is C10H11O3-. The first-order valence-corrected chi connectivity index (χ1v) is 4.05. The molecule has 1 unspecified atom stereocenters. The maximum Gasteiger partial charge on any atom is 0.0681 e. The summed E-state index contributed by atoms with van der Waals surface area (Å²) < 4.78 is 0. The van der Waals surface area contributed by atoms with E-state index in [1.807, 2.05) is 0 Å². The fourth-order valence-electron chi connectivity index (χ4n) is 1.10. The molecule has 1 rings (SSSR count). The Bertz CT molecular complexity index is 307. The van der Waals surface area contributed by atoms with Crippen LogP contribution in [0.2, 0.25) is 0 Å². The average Bonchev–Trinajstić information content (AvgIpc) is 2.16. The molecule has 0 heterocycles. The van der Waals surface area contributed by atoms with Crippen LogP contribution in [0.15, 0.2) is 24.3 Å². The van der Waals surface area contributed by atoms with E-state index in [9.17, 15) is 9.90 Å².